The largest absolute Gasteiger partial charge is 0.481 e. The molecule has 11 heteroatoms. The van der Waals surface area contributed by atoms with E-state index in [2.05, 4.69) is 23.3 Å². The van der Waals surface area contributed by atoms with Gasteiger partial charge in [-0.3, -0.25) is 14.4 Å². The van der Waals surface area contributed by atoms with Crippen LogP contribution < -0.4 is 22.1 Å². The number of hydrogen-bond donors (Lipinski definition) is 7. The van der Waals surface area contributed by atoms with Crippen molar-refractivity contribution in [3.63, 3.8) is 0 Å². The molecule has 126 valence electrons. The Balaban J connectivity index is 4.97. The summed E-state index contributed by atoms with van der Waals surface area (Å²) >= 11 is 3.76. The van der Waals surface area contributed by atoms with Crippen molar-refractivity contribution >= 4 is 36.4 Å². The molecule has 4 atom stereocenters. The zero-order chi connectivity index (χ0) is 17.4. The lowest BCUT2D eigenvalue weighted by Gasteiger charge is -2.22. The van der Waals surface area contributed by atoms with Crippen molar-refractivity contribution in [3.05, 3.63) is 0 Å². The first kappa shape index (κ1) is 20.1. The molecule has 2 amide bonds. The first-order valence-corrected chi connectivity index (χ1v) is 6.90. The van der Waals surface area contributed by atoms with Gasteiger partial charge in [0.05, 0.1) is 12.5 Å². The van der Waals surface area contributed by atoms with Crippen molar-refractivity contribution in [3.8, 4) is 0 Å². The van der Waals surface area contributed by atoms with E-state index in [9.17, 15) is 19.2 Å². The summed E-state index contributed by atoms with van der Waals surface area (Å²) in [5.74, 6) is -4.67. The second-order valence-corrected chi connectivity index (χ2v) is 4.99. The molecular weight excluding hydrogens is 316 g/mol. The predicted molar refractivity (Wildman–Crippen MR) is 79.2 cm³/mol. The van der Waals surface area contributed by atoms with Crippen molar-refractivity contribution in [2.75, 3.05) is 5.75 Å². The first-order valence-electron chi connectivity index (χ1n) is 6.27. The van der Waals surface area contributed by atoms with Gasteiger partial charge in [0.2, 0.25) is 11.8 Å². The van der Waals surface area contributed by atoms with Crippen LogP contribution in [0.2, 0.25) is 0 Å². The van der Waals surface area contributed by atoms with E-state index in [1.165, 1.54) is 6.92 Å². The fourth-order valence-electron chi connectivity index (χ4n) is 1.35. The van der Waals surface area contributed by atoms with E-state index in [1.807, 2.05) is 0 Å². The van der Waals surface area contributed by atoms with Gasteiger partial charge in [-0.05, 0) is 6.92 Å². The third-order valence-corrected chi connectivity index (χ3v) is 3.04. The monoisotopic (exact) mass is 336 g/mol. The van der Waals surface area contributed by atoms with Gasteiger partial charge in [0.15, 0.2) is 0 Å². The molecule has 0 bridgehead atoms. The van der Waals surface area contributed by atoms with Crippen LogP contribution in [-0.2, 0) is 19.2 Å². The number of hydrogen-bond acceptors (Lipinski definition) is 7. The highest BCUT2D eigenvalue weighted by atomic mass is 32.1. The van der Waals surface area contributed by atoms with E-state index < -0.39 is 54.3 Å². The van der Waals surface area contributed by atoms with Crippen LogP contribution in [0.1, 0.15) is 13.3 Å². The molecule has 0 rings (SSSR count). The van der Waals surface area contributed by atoms with Crippen LogP contribution in [0.4, 0.5) is 0 Å². The average Bonchev–Trinajstić information content (AvgIpc) is 2.41. The number of carbonyl (C=O) groups excluding carboxylic acids is 2. The fraction of sp³-hybridized carbons (Fsp3) is 0.636. The van der Waals surface area contributed by atoms with E-state index in [-0.39, 0.29) is 5.75 Å². The Morgan fingerprint density at radius 1 is 1.05 bits per heavy atom. The van der Waals surface area contributed by atoms with Gasteiger partial charge in [0, 0.05) is 11.8 Å². The van der Waals surface area contributed by atoms with Gasteiger partial charge in [-0.1, -0.05) is 0 Å². The number of nitrogens with one attached hydrogen (secondary N) is 2. The third-order valence-electron chi connectivity index (χ3n) is 2.68. The Hall–Kier alpha value is -1.85. The smallest absolute Gasteiger partial charge is 0.327 e. The predicted octanol–water partition coefficient (Wildman–Crippen LogP) is -2.88. The maximum absolute atomic E-state index is 11.9. The number of rotatable bonds is 9. The molecule has 0 spiro atoms. The van der Waals surface area contributed by atoms with Crippen LogP contribution in [-0.4, -0.2) is 63.9 Å². The number of carboxylic acid groups (broad SMARTS) is 2. The molecule has 0 aliphatic heterocycles. The number of thiol groups is 1. The minimum absolute atomic E-state index is 0.200. The van der Waals surface area contributed by atoms with Gasteiger partial charge in [0.1, 0.15) is 12.1 Å². The van der Waals surface area contributed by atoms with Crippen molar-refractivity contribution < 1.29 is 29.4 Å². The maximum Gasteiger partial charge on any atom is 0.327 e. The normalized spacial score (nSPS) is 16.0. The highest BCUT2D eigenvalue weighted by Crippen LogP contribution is 1.98. The molecule has 0 aliphatic carbocycles. The summed E-state index contributed by atoms with van der Waals surface area (Å²) in [5.41, 5.74) is 10.9. The van der Waals surface area contributed by atoms with Crippen LogP contribution in [0.5, 0.6) is 0 Å². The van der Waals surface area contributed by atoms with Crippen molar-refractivity contribution in [2.45, 2.75) is 37.5 Å². The summed E-state index contributed by atoms with van der Waals surface area (Å²) in [6.45, 7) is 1.47. The molecule has 0 saturated heterocycles. The van der Waals surface area contributed by atoms with Crippen molar-refractivity contribution in [1.29, 1.82) is 0 Å². The highest BCUT2D eigenvalue weighted by molar-refractivity contribution is 7.80. The van der Waals surface area contributed by atoms with E-state index in [0.717, 1.165) is 0 Å². The van der Waals surface area contributed by atoms with Gasteiger partial charge in [0.25, 0.3) is 0 Å². The molecule has 0 aliphatic rings. The summed E-state index contributed by atoms with van der Waals surface area (Å²) < 4.78 is 0. The Bertz CT molecular complexity index is 444. The molecule has 10 nitrogen and oxygen atoms in total. The van der Waals surface area contributed by atoms with Crippen LogP contribution in [0.3, 0.4) is 0 Å². The van der Waals surface area contributed by atoms with Crippen LogP contribution in [0.15, 0.2) is 0 Å². The summed E-state index contributed by atoms with van der Waals surface area (Å²) in [6.07, 6.45) is -0.734. The van der Waals surface area contributed by atoms with Gasteiger partial charge in [-0.15, -0.1) is 0 Å². The van der Waals surface area contributed by atoms with E-state index in [0.29, 0.717) is 0 Å². The van der Waals surface area contributed by atoms with E-state index in [1.54, 1.807) is 0 Å². The summed E-state index contributed by atoms with van der Waals surface area (Å²) in [6, 6.07) is -4.63. The Morgan fingerprint density at radius 2 is 1.55 bits per heavy atom. The molecular formula is C11H20N4O6S. The summed E-state index contributed by atoms with van der Waals surface area (Å²) in [5, 5.41) is 21.8. The SMILES string of the molecule is C[C@H](N)[C@H](N)C(=O)N[C@@H](CC(=O)O)C(=O)N[C@@H](CS)C(=O)O. The van der Waals surface area contributed by atoms with Gasteiger partial charge < -0.3 is 32.3 Å². The van der Waals surface area contributed by atoms with E-state index in [4.69, 9.17) is 21.7 Å². The summed E-state index contributed by atoms with van der Waals surface area (Å²) in [7, 11) is 0. The Labute approximate surface area is 132 Å². The average molecular weight is 336 g/mol. The molecule has 0 unspecified atom stereocenters. The second-order valence-electron chi connectivity index (χ2n) is 4.63. The standard InChI is InChI=1S/C11H20N4O6S/c1-4(12)8(13)10(19)14-5(2-7(16)17)9(18)15-6(3-22)11(20)21/h4-6,8,22H,2-3,12-13H2,1H3,(H,14,19)(H,15,18)(H,16,17)(H,20,21)/t4-,5-,6-,8-/m0/s1. The zero-order valence-electron chi connectivity index (χ0n) is 11.9. The molecule has 0 heterocycles. The number of amides is 2. The van der Waals surface area contributed by atoms with Crippen molar-refractivity contribution in [1.82, 2.24) is 10.6 Å². The Morgan fingerprint density at radius 3 is 1.91 bits per heavy atom. The molecule has 0 saturated carbocycles. The topological polar surface area (TPSA) is 185 Å². The molecule has 8 N–H and O–H groups in total. The number of carbonyl (C=O) groups is 4. The quantitative estimate of drug-likeness (QED) is 0.219. The van der Waals surface area contributed by atoms with Crippen LogP contribution in [0.25, 0.3) is 0 Å². The van der Waals surface area contributed by atoms with Gasteiger partial charge >= 0.3 is 11.9 Å². The Kier molecular flexibility index (Phi) is 8.45. The van der Waals surface area contributed by atoms with E-state index >= 15 is 0 Å². The lowest BCUT2D eigenvalue weighted by atomic mass is 10.1. The van der Waals surface area contributed by atoms with Crippen LogP contribution in [0, 0.1) is 0 Å². The first-order chi connectivity index (χ1) is 10.1. The lowest BCUT2D eigenvalue weighted by Crippen LogP contribution is -2.58. The lowest BCUT2D eigenvalue weighted by molar-refractivity contribution is -0.143. The second kappa shape index (κ2) is 9.23. The summed E-state index contributed by atoms with van der Waals surface area (Å²) in [4.78, 5) is 45.3. The number of carboxylic acids is 2. The van der Waals surface area contributed by atoms with Crippen LogP contribution >= 0.6 is 12.6 Å². The number of aliphatic carboxylic acids is 2. The van der Waals surface area contributed by atoms with Gasteiger partial charge in [-0.2, -0.15) is 12.6 Å². The molecule has 0 fully saturated rings. The molecule has 0 radical (unpaired) electrons. The molecule has 22 heavy (non-hydrogen) atoms. The molecule has 0 aromatic carbocycles. The third kappa shape index (κ3) is 6.74. The molecule has 0 aromatic heterocycles. The minimum atomic E-state index is -1.48. The van der Waals surface area contributed by atoms with Gasteiger partial charge in [-0.25, -0.2) is 4.79 Å². The maximum atomic E-state index is 11.9. The van der Waals surface area contributed by atoms with Crippen molar-refractivity contribution in [2.24, 2.45) is 11.5 Å². The minimum Gasteiger partial charge on any atom is -0.481 e. The molecule has 0 aromatic rings. The highest BCUT2D eigenvalue weighted by Gasteiger charge is 2.29. The number of nitrogens with two attached hydrogens (primary N) is 2. The fourth-order valence-corrected chi connectivity index (χ4v) is 1.60. The zero-order valence-corrected chi connectivity index (χ0v) is 12.7.